The number of amides is 1. The fourth-order valence-corrected chi connectivity index (χ4v) is 3.99. The van der Waals surface area contributed by atoms with E-state index in [-0.39, 0.29) is 24.2 Å². The van der Waals surface area contributed by atoms with Crippen LogP contribution in [0.4, 0.5) is 0 Å². The third kappa shape index (κ3) is 3.10. The number of ether oxygens (including phenoxy) is 2. The van der Waals surface area contributed by atoms with Gasteiger partial charge in [-0.3, -0.25) is 4.79 Å². The molecule has 2 fully saturated rings. The molecule has 1 aliphatic carbocycles. The fourth-order valence-electron chi connectivity index (χ4n) is 3.99. The smallest absolute Gasteiger partial charge is 0.290 e. The number of fused-ring (bicyclic) bond motifs is 1. The lowest BCUT2D eigenvalue weighted by atomic mass is 9.87. The molecule has 5 heteroatoms. The lowest BCUT2D eigenvalue weighted by Gasteiger charge is -2.45. The molecular formula is C20H23NO4. The average molecular weight is 341 g/mol. The van der Waals surface area contributed by atoms with Gasteiger partial charge in [-0.2, -0.15) is 0 Å². The van der Waals surface area contributed by atoms with E-state index in [9.17, 15) is 4.79 Å². The molecule has 2 heterocycles. The van der Waals surface area contributed by atoms with Crippen molar-refractivity contribution in [3.8, 4) is 11.1 Å². The van der Waals surface area contributed by atoms with Crippen LogP contribution in [0.1, 0.15) is 29.8 Å². The van der Waals surface area contributed by atoms with Crippen LogP contribution < -0.4 is 0 Å². The first-order valence-corrected chi connectivity index (χ1v) is 8.86. The number of carbonyl (C=O) groups excluding carboxylic acids is 1. The molecule has 132 valence electrons. The minimum Gasteiger partial charge on any atom is -0.459 e. The summed E-state index contributed by atoms with van der Waals surface area (Å²) in [6, 6.07) is 11.8. The maximum absolute atomic E-state index is 13.2. The van der Waals surface area contributed by atoms with Crippen LogP contribution in [0, 0.1) is 0 Å². The summed E-state index contributed by atoms with van der Waals surface area (Å²) in [6.07, 6.45) is 4.59. The largest absolute Gasteiger partial charge is 0.459 e. The summed E-state index contributed by atoms with van der Waals surface area (Å²) in [5.74, 6) is 0.352. The zero-order valence-corrected chi connectivity index (χ0v) is 14.4. The van der Waals surface area contributed by atoms with E-state index in [1.165, 1.54) is 0 Å². The van der Waals surface area contributed by atoms with E-state index in [0.717, 1.165) is 30.4 Å². The number of hydrogen-bond donors (Lipinski definition) is 0. The van der Waals surface area contributed by atoms with Gasteiger partial charge >= 0.3 is 0 Å². The Kier molecular flexibility index (Phi) is 4.59. The molecule has 4 rings (SSSR count). The van der Waals surface area contributed by atoms with Gasteiger partial charge in [0.1, 0.15) is 0 Å². The Hall–Kier alpha value is -2.11. The summed E-state index contributed by atoms with van der Waals surface area (Å²) in [5.41, 5.74) is 1.83. The van der Waals surface area contributed by atoms with Crippen LogP contribution in [0.2, 0.25) is 0 Å². The third-order valence-corrected chi connectivity index (χ3v) is 5.31. The molecule has 1 aromatic carbocycles. The van der Waals surface area contributed by atoms with E-state index in [1.54, 1.807) is 13.4 Å². The number of carbonyl (C=O) groups is 1. The van der Waals surface area contributed by atoms with Gasteiger partial charge in [-0.1, -0.05) is 30.3 Å². The molecule has 0 spiro atoms. The van der Waals surface area contributed by atoms with Gasteiger partial charge in [-0.05, 0) is 30.9 Å². The van der Waals surface area contributed by atoms with Crippen molar-refractivity contribution in [1.82, 2.24) is 4.90 Å². The lowest BCUT2D eigenvalue weighted by Crippen LogP contribution is -2.56. The second-order valence-corrected chi connectivity index (χ2v) is 6.68. The second-order valence-electron chi connectivity index (χ2n) is 6.68. The SMILES string of the molecule is CO[C@@H]1CC[C@H]2OCCN(C(=O)c3occc3-c3ccccc3)[C@H]2C1. The van der Waals surface area contributed by atoms with Crippen molar-refractivity contribution in [2.75, 3.05) is 20.3 Å². The number of morpholine rings is 1. The fraction of sp³-hybridized carbons (Fsp3) is 0.450. The van der Waals surface area contributed by atoms with Gasteiger partial charge in [-0.15, -0.1) is 0 Å². The number of furan rings is 1. The summed E-state index contributed by atoms with van der Waals surface area (Å²) in [6.45, 7) is 1.16. The number of methoxy groups -OCH3 is 1. The molecule has 25 heavy (non-hydrogen) atoms. The van der Waals surface area contributed by atoms with Gasteiger partial charge in [0.05, 0.1) is 31.1 Å². The number of rotatable bonds is 3. The van der Waals surface area contributed by atoms with Crippen molar-refractivity contribution in [3.63, 3.8) is 0 Å². The van der Waals surface area contributed by atoms with Gasteiger partial charge in [0.25, 0.3) is 5.91 Å². The van der Waals surface area contributed by atoms with Crippen molar-refractivity contribution in [2.24, 2.45) is 0 Å². The molecule has 0 unspecified atom stereocenters. The first-order chi connectivity index (χ1) is 12.3. The van der Waals surface area contributed by atoms with Crippen molar-refractivity contribution in [1.29, 1.82) is 0 Å². The lowest BCUT2D eigenvalue weighted by molar-refractivity contribution is -0.101. The topological polar surface area (TPSA) is 51.9 Å². The molecule has 1 aliphatic heterocycles. The molecule has 1 saturated carbocycles. The van der Waals surface area contributed by atoms with Crippen molar-refractivity contribution in [3.05, 3.63) is 48.4 Å². The minimum absolute atomic E-state index is 0.0497. The molecule has 2 aliphatic rings. The maximum Gasteiger partial charge on any atom is 0.290 e. The van der Waals surface area contributed by atoms with E-state index in [1.807, 2.05) is 41.3 Å². The summed E-state index contributed by atoms with van der Waals surface area (Å²) in [5, 5.41) is 0. The molecule has 0 radical (unpaired) electrons. The van der Waals surface area contributed by atoms with Crippen LogP contribution in [-0.4, -0.2) is 49.3 Å². The Morgan fingerprint density at radius 2 is 2.04 bits per heavy atom. The van der Waals surface area contributed by atoms with E-state index >= 15 is 0 Å². The first-order valence-electron chi connectivity index (χ1n) is 8.86. The van der Waals surface area contributed by atoms with Gasteiger partial charge in [0.2, 0.25) is 0 Å². The highest BCUT2D eigenvalue weighted by Crippen LogP contribution is 2.33. The third-order valence-electron chi connectivity index (χ3n) is 5.31. The van der Waals surface area contributed by atoms with Gasteiger partial charge < -0.3 is 18.8 Å². The minimum atomic E-state index is -0.0566. The van der Waals surface area contributed by atoms with E-state index in [4.69, 9.17) is 13.9 Å². The van der Waals surface area contributed by atoms with E-state index in [0.29, 0.717) is 18.9 Å². The Bertz CT molecular complexity index is 726. The van der Waals surface area contributed by atoms with Crippen molar-refractivity contribution >= 4 is 5.91 Å². The van der Waals surface area contributed by atoms with Crippen molar-refractivity contribution < 1.29 is 18.7 Å². The highest BCUT2D eigenvalue weighted by molar-refractivity contribution is 5.98. The molecule has 1 saturated heterocycles. The number of nitrogens with zero attached hydrogens (tertiary/aromatic N) is 1. The second kappa shape index (κ2) is 7.02. The Balaban J connectivity index is 1.61. The van der Waals surface area contributed by atoms with E-state index in [2.05, 4.69) is 0 Å². The quantitative estimate of drug-likeness (QED) is 0.859. The monoisotopic (exact) mass is 341 g/mol. The predicted molar refractivity (Wildman–Crippen MR) is 93.4 cm³/mol. The van der Waals surface area contributed by atoms with Crippen LogP contribution in [0.15, 0.2) is 47.1 Å². The number of benzene rings is 1. The molecule has 0 bridgehead atoms. The zero-order valence-electron chi connectivity index (χ0n) is 14.4. The number of hydrogen-bond acceptors (Lipinski definition) is 4. The van der Waals surface area contributed by atoms with Gasteiger partial charge in [-0.25, -0.2) is 0 Å². The maximum atomic E-state index is 13.2. The summed E-state index contributed by atoms with van der Waals surface area (Å²) >= 11 is 0. The van der Waals surface area contributed by atoms with Crippen LogP contribution in [0.3, 0.4) is 0 Å². The highest BCUT2D eigenvalue weighted by atomic mass is 16.5. The van der Waals surface area contributed by atoms with E-state index < -0.39 is 0 Å². The summed E-state index contributed by atoms with van der Waals surface area (Å²) in [7, 11) is 1.74. The van der Waals surface area contributed by atoms with Crippen LogP contribution in [-0.2, 0) is 9.47 Å². The van der Waals surface area contributed by atoms with Crippen LogP contribution in [0.25, 0.3) is 11.1 Å². The molecule has 2 aromatic rings. The molecule has 1 aromatic heterocycles. The Morgan fingerprint density at radius 3 is 2.84 bits per heavy atom. The predicted octanol–water partition coefficient (Wildman–Crippen LogP) is 3.36. The zero-order chi connectivity index (χ0) is 17.2. The van der Waals surface area contributed by atoms with Gasteiger partial charge in [0.15, 0.2) is 5.76 Å². The van der Waals surface area contributed by atoms with Crippen LogP contribution in [0.5, 0.6) is 0 Å². The van der Waals surface area contributed by atoms with Crippen molar-refractivity contribution in [2.45, 2.75) is 37.5 Å². The molecule has 1 amide bonds. The van der Waals surface area contributed by atoms with Crippen LogP contribution >= 0.6 is 0 Å². The standard InChI is InChI=1S/C20H23NO4/c1-23-15-7-8-18-17(13-15)21(10-12-24-18)20(22)19-16(9-11-25-19)14-5-3-2-4-6-14/h2-6,9,11,15,17-18H,7-8,10,12-13H2,1H3/t15-,17+,18-/m1/s1. The Morgan fingerprint density at radius 1 is 1.20 bits per heavy atom. The normalized spacial score (nSPS) is 26.3. The Labute approximate surface area is 147 Å². The molecule has 3 atom stereocenters. The highest BCUT2D eigenvalue weighted by Gasteiger charge is 2.41. The summed E-state index contributed by atoms with van der Waals surface area (Å²) < 4.78 is 17.0. The first kappa shape index (κ1) is 16.4. The molecule has 5 nitrogen and oxygen atoms in total. The average Bonchev–Trinajstić information content (AvgIpc) is 3.17. The van der Waals surface area contributed by atoms with Gasteiger partial charge in [0, 0.05) is 19.2 Å². The molecular weight excluding hydrogens is 318 g/mol. The summed E-state index contributed by atoms with van der Waals surface area (Å²) in [4.78, 5) is 15.2. The molecule has 0 N–H and O–H groups in total.